The van der Waals surface area contributed by atoms with Crippen molar-refractivity contribution in [2.45, 2.75) is 43.7 Å². The van der Waals surface area contributed by atoms with Gasteiger partial charge in [-0.3, -0.25) is 0 Å². The second-order valence-electron chi connectivity index (χ2n) is 5.01. The Morgan fingerprint density at radius 1 is 1.12 bits per heavy atom. The summed E-state index contributed by atoms with van der Waals surface area (Å²) in [5, 5.41) is 12.8. The van der Waals surface area contributed by atoms with Gasteiger partial charge in [0.05, 0.1) is 11.6 Å². The summed E-state index contributed by atoms with van der Waals surface area (Å²) < 4.78 is 0. The lowest BCUT2D eigenvalue weighted by atomic mass is 9.84. The Kier molecular flexibility index (Phi) is 2.41. The van der Waals surface area contributed by atoms with Crippen molar-refractivity contribution in [3.63, 3.8) is 0 Å². The van der Waals surface area contributed by atoms with Crippen LogP contribution in [-0.2, 0) is 0 Å². The minimum Gasteiger partial charge on any atom is -0.311 e. The van der Waals surface area contributed by atoms with E-state index in [1.807, 2.05) is 12.1 Å². The lowest BCUT2D eigenvalue weighted by Crippen LogP contribution is -2.37. The van der Waals surface area contributed by atoms with Crippen molar-refractivity contribution in [2.24, 2.45) is 0 Å². The lowest BCUT2D eigenvalue weighted by Gasteiger charge is -2.29. The third kappa shape index (κ3) is 1.62. The van der Waals surface area contributed by atoms with Crippen molar-refractivity contribution in [2.75, 3.05) is 0 Å². The van der Waals surface area contributed by atoms with Crippen LogP contribution in [0.25, 0.3) is 0 Å². The quantitative estimate of drug-likeness (QED) is 0.776. The van der Waals surface area contributed by atoms with Gasteiger partial charge < -0.3 is 5.32 Å². The number of nitrogens with one attached hydrogen (secondary N) is 1. The van der Waals surface area contributed by atoms with Crippen LogP contribution in [0.2, 0.25) is 0 Å². The Bertz CT molecular complexity index is 421. The van der Waals surface area contributed by atoms with Crippen molar-refractivity contribution >= 4 is 0 Å². The molecule has 0 amide bonds. The second-order valence-corrected chi connectivity index (χ2v) is 5.01. The SMILES string of the molecule is N#Cc1ccccc1C1C[C@H]2CC[C@@H](C1)N2. The van der Waals surface area contributed by atoms with E-state index >= 15 is 0 Å². The summed E-state index contributed by atoms with van der Waals surface area (Å²) in [6.07, 6.45) is 5.04. The first-order chi connectivity index (χ1) is 7.86. The van der Waals surface area contributed by atoms with Gasteiger partial charge in [-0.2, -0.15) is 5.26 Å². The highest BCUT2D eigenvalue weighted by atomic mass is 15.0. The van der Waals surface area contributed by atoms with Crippen LogP contribution in [-0.4, -0.2) is 12.1 Å². The van der Waals surface area contributed by atoms with E-state index in [9.17, 15) is 0 Å². The number of benzene rings is 1. The Morgan fingerprint density at radius 3 is 2.50 bits per heavy atom. The Hall–Kier alpha value is -1.33. The van der Waals surface area contributed by atoms with Crippen LogP contribution in [0.4, 0.5) is 0 Å². The molecule has 0 radical (unpaired) electrons. The maximum Gasteiger partial charge on any atom is 0.0994 e. The maximum atomic E-state index is 9.13. The second kappa shape index (κ2) is 3.92. The van der Waals surface area contributed by atoms with Crippen LogP contribution in [0.5, 0.6) is 0 Å². The van der Waals surface area contributed by atoms with Crippen molar-refractivity contribution in [3.05, 3.63) is 35.4 Å². The summed E-state index contributed by atoms with van der Waals surface area (Å²) >= 11 is 0. The Morgan fingerprint density at radius 2 is 1.81 bits per heavy atom. The number of nitriles is 1. The number of piperidine rings is 1. The van der Waals surface area contributed by atoms with E-state index < -0.39 is 0 Å². The zero-order valence-electron chi connectivity index (χ0n) is 9.32. The zero-order chi connectivity index (χ0) is 11.0. The van der Waals surface area contributed by atoms with Gasteiger partial charge in [0.2, 0.25) is 0 Å². The molecule has 2 fully saturated rings. The summed E-state index contributed by atoms with van der Waals surface area (Å²) in [5.74, 6) is 0.592. The summed E-state index contributed by atoms with van der Waals surface area (Å²) in [6.45, 7) is 0. The average Bonchev–Trinajstić information content (AvgIpc) is 2.68. The summed E-state index contributed by atoms with van der Waals surface area (Å²) in [7, 11) is 0. The number of hydrogen-bond donors (Lipinski definition) is 1. The van der Waals surface area contributed by atoms with Gasteiger partial charge >= 0.3 is 0 Å². The van der Waals surface area contributed by atoms with Crippen LogP contribution in [0.3, 0.4) is 0 Å². The molecule has 2 aliphatic rings. The van der Waals surface area contributed by atoms with Crippen LogP contribution in [0.1, 0.15) is 42.7 Å². The number of hydrogen-bond acceptors (Lipinski definition) is 2. The van der Waals surface area contributed by atoms with Gasteiger partial charge in [-0.25, -0.2) is 0 Å². The predicted molar refractivity (Wildman–Crippen MR) is 63.1 cm³/mol. The highest BCUT2D eigenvalue weighted by Gasteiger charge is 2.34. The molecule has 2 heteroatoms. The molecular weight excluding hydrogens is 196 g/mol. The molecule has 0 saturated carbocycles. The van der Waals surface area contributed by atoms with E-state index in [4.69, 9.17) is 5.26 Å². The van der Waals surface area contributed by atoms with E-state index in [-0.39, 0.29) is 0 Å². The average molecular weight is 212 g/mol. The van der Waals surface area contributed by atoms with E-state index in [2.05, 4.69) is 23.5 Å². The van der Waals surface area contributed by atoms with E-state index in [0.29, 0.717) is 18.0 Å². The zero-order valence-corrected chi connectivity index (χ0v) is 9.32. The fraction of sp³-hybridized carbons (Fsp3) is 0.500. The third-order valence-corrected chi connectivity index (χ3v) is 3.99. The molecular formula is C14H16N2. The number of nitrogens with zero attached hydrogens (tertiary/aromatic N) is 1. The van der Waals surface area contributed by atoms with Crippen LogP contribution < -0.4 is 5.32 Å². The van der Waals surface area contributed by atoms with Crippen molar-refractivity contribution in [1.82, 2.24) is 5.32 Å². The van der Waals surface area contributed by atoms with Gasteiger partial charge in [0.1, 0.15) is 0 Å². The largest absolute Gasteiger partial charge is 0.311 e. The molecule has 1 unspecified atom stereocenters. The van der Waals surface area contributed by atoms with Gasteiger partial charge in [0.25, 0.3) is 0 Å². The van der Waals surface area contributed by atoms with Gasteiger partial charge in [-0.05, 0) is 43.2 Å². The van der Waals surface area contributed by atoms with Crippen LogP contribution in [0.15, 0.2) is 24.3 Å². The van der Waals surface area contributed by atoms with Crippen molar-refractivity contribution in [3.8, 4) is 6.07 Å². The lowest BCUT2D eigenvalue weighted by molar-refractivity contribution is 0.363. The highest BCUT2D eigenvalue weighted by Crippen LogP contribution is 2.38. The van der Waals surface area contributed by atoms with Gasteiger partial charge in [-0.1, -0.05) is 18.2 Å². The smallest absolute Gasteiger partial charge is 0.0994 e. The summed E-state index contributed by atoms with van der Waals surface area (Å²) in [6, 6.07) is 11.8. The Balaban J connectivity index is 1.90. The monoisotopic (exact) mass is 212 g/mol. The molecule has 82 valence electrons. The number of fused-ring (bicyclic) bond motifs is 2. The fourth-order valence-electron chi connectivity index (χ4n) is 3.27. The van der Waals surface area contributed by atoms with Crippen LogP contribution >= 0.6 is 0 Å². The first-order valence-corrected chi connectivity index (χ1v) is 6.12. The van der Waals surface area contributed by atoms with Crippen LogP contribution in [0, 0.1) is 11.3 Å². The number of rotatable bonds is 1. The van der Waals surface area contributed by atoms with Crippen molar-refractivity contribution in [1.29, 1.82) is 5.26 Å². The fourth-order valence-corrected chi connectivity index (χ4v) is 3.27. The summed E-state index contributed by atoms with van der Waals surface area (Å²) in [4.78, 5) is 0. The maximum absolute atomic E-state index is 9.13. The molecule has 2 heterocycles. The van der Waals surface area contributed by atoms with E-state index in [1.54, 1.807) is 0 Å². The molecule has 0 aromatic heterocycles. The van der Waals surface area contributed by atoms with Crippen molar-refractivity contribution < 1.29 is 0 Å². The molecule has 0 spiro atoms. The molecule has 1 N–H and O–H groups in total. The predicted octanol–water partition coefficient (Wildman–Crippen LogP) is 2.56. The molecule has 0 aliphatic carbocycles. The van der Waals surface area contributed by atoms with E-state index in [1.165, 1.54) is 31.2 Å². The van der Waals surface area contributed by atoms with E-state index in [0.717, 1.165) is 5.56 Å². The third-order valence-electron chi connectivity index (χ3n) is 3.99. The Labute approximate surface area is 96.3 Å². The molecule has 1 aromatic rings. The minimum atomic E-state index is 0.592. The minimum absolute atomic E-state index is 0.592. The first-order valence-electron chi connectivity index (χ1n) is 6.12. The van der Waals surface area contributed by atoms with Gasteiger partial charge in [0, 0.05) is 12.1 Å². The van der Waals surface area contributed by atoms with Gasteiger partial charge in [0.15, 0.2) is 0 Å². The molecule has 2 saturated heterocycles. The van der Waals surface area contributed by atoms with Gasteiger partial charge in [-0.15, -0.1) is 0 Å². The molecule has 2 aliphatic heterocycles. The molecule has 3 atom stereocenters. The topological polar surface area (TPSA) is 35.8 Å². The molecule has 2 nitrogen and oxygen atoms in total. The summed E-state index contributed by atoms with van der Waals surface area (Å²) in [5.41, 5.74) is 2.14. The molecule has 2 bridgehead atoms. The highest BCUT2D eigenvalue weighted by molar-refractivity contribution is 5.40. The molecule has 16 heavy (non-hydrogen) atoms. The molecule has 3 rings (SSSR count). The first kappa shape index (κ1) is 9.86. The molecule has 1 aromatic carbocycles. The standard InChI is InChI=1S/C14H16N2/c15-9-10-3-1-2-4-14(10)11-7-12-5-6-13(8-11)16-12/h1-4,11-13,16H,5-8H2/t11?,12-,13+. The normalized spacial score (nSPS) is 32.3.